The van der Waals surface area contributed by atoms with Crippen LogP contribution in [0.5, 0.6) is 0 Å². The van der Waals surface area contributed by atoms with Crippen LogP contribution in [0.2, 0.25) is 0 Å². The van der Waals surface area contributed by atoms with E-state index in [-0.39, 0.29) is 5.56 Å². The van der Waals surface area contributed by atoms with Crippen LogP contribution < -0.4 is 5.56 Å². The fraction of sp³-hybridized carbons (Fsp3) is 0.158. The van der Waals surface area contributed by atoms with Crippen LogP contribution in [0.3, 0.4) is 0 Å². The van der Waals surface area contributed by atoms with Gasteiger partial charge in [0.2, 0.25) is 0 Å². The van der Waals surface area contributed by atoms with E-state index in [2.05, 4.69) is 33.0 Å². The molecule has 3 nitrogen and oxygen atoms in total. The van der Waals surface area contributed by atoms with Crippen molar-refractivity contribution >= 4 is 41.0 Å². The molecule has 5 heteroatoms. The van der Waals surface area contributed by atoms with Crippen molar-refractivity contribution in [2.45, 2.75) is 13.3 Å². The lowest BCUT2D eigenvalue weighted by Gasteiger charge is -2.13. The molecule has 0 N–H and O–H groups in total. The molecule has 0 bridgehead atoms. The van der Waals surface area contributed by atoms with E-state index in [0.717, 1.165) is 22.8 Å². The number of para-hydroxylation sites is 1. The predicted molar refractivity (Wildman–Crippen MR) is 110 cm³/mol. The Morgan fingerprint density at radius 2 is 1.96 bits per heavy atom. The Bertz CT molecular complexity index is 987. The van der Waals surface area contributed by atoms with E-state index in [0.29, 0.717) is 17.3 Å². The van der Waals surface area contributed by atoms with Gasteiger partial charge in [-0.25, -0.2) is 4.98 Å². The highest BCUT2D eigenvalue weighted by atomic mass is 127. The van der Waals surface area contributed by atoms with Gasteiger partial charge in [0.25, 0.3) is 5.56 Å². The quantitative estimate of drug-likeness (QED) is 0.443. The summed E-state index contributed by atoms with van der Waals surface area (Å²) in [4.78, 5) is 17.9. The fourth-order valence-electron chi connectivity index (χ4n) is 2.62. The van der Waals surface area contributed by atoms with Gasteiger partial charge in [0.05, 0.1) is 22.3 Å². The first-order valence-corrected chi connectivity index (χ1v) is 11.1. The minimum atomic E-state index is -0.0601. The van der Waals surface area contributed by atoms with E-state index < -0.39 is 0 Å². The Hall–Kier alpha value is -1.78. The number of aromatic nitrogens is 2. The summed E-state index contributed by atoms with van der Waals surface area (Å²) >= 11 is 2.21. The van der Waals surface area contributed by atoms with Crippen LogP contribution in [0.25, 0.3) is 16.6 Å². The van der Waals surface area contributed by atoms with Gasteiger partial charge in [-0.1, -0.05) is 52.0 Å². The third-order valence-corrected chi connectivity index (χ3v) is 4.84. The van der Waals surface area contributed by atoms with Crippen molar-refractivity contribution in [1.82, 2.24) is 9.55 Å². The van der Waals surface area contributed by atoms with E-state index in [4.69, 9.17) is 4.98 Å². The Kier molecular flexibility index (Phi) is 5.59. The number of aryl methyl sites for hydroxylation is 1. The van der Waals surface area contributed by atoms with Gasteiger partial charge in [0.1, 0.15) is 5.82 Å². The second-order valence-electron chi connectivity index (χ2n) is 5.11. The summed E-state index contributed by atoms with van der Waals surface area (Å²) in [6, 6.07) is 15.3. The molecular formula is C19H15IN2OS. The molecule has 0 amide bonds. The molecule has 0 radical (unpaired) electrons. The minimum absolute atomic E-state index is 0.0601. The van der Waals surface area contributed by atoms with E-state index in [1.54, 1.807) is 13.5 Å². The standard InChI is InChI=1S/C19H15IN2OS/c1-2-17-21-16-12-6-8-14(9-7-13-24-20)18(16)19(23)22(17)15-10-4-3-5-11-15/h3-6,8,10-12H,2,13H2,1H3. The van der Waals surface area contributed by atoms with Crippen LogP contribution in [-0.2, 0) is 6.42 Å². The molecule has 1 aromatic heterocycles. The molecular weight excluding hydrogens is 431 g/mol. The maximum Gasteiger partial charge on any atom is 0.267 e. The lowest BCUT2D eigenvalue weighted by Crippen LogP contribution is -2.24. The number of hydrogen-bond donors (Lipinski definition) is 0. The Labute approximate surface area is 157 Å². The van der Waals surface area contributed by atoms with Crippen LogP contribution in [0.15, 0.2) is 53.3 Å². The number of nitrogens with zero attached hydrogens (tertiary/aromatic N) is 2. The Morgan fingerprint density at radius 3 is 2.67 bits per heavy atom. The van der Waals surface area contributed by atoms with Crippen LogP contribution >= 0.6 is 30.1 Å². The summed E-state index contributed by atoms with van der Waals surface area (Å²) < 4.78 is 1.70. The van der Waals surface area contributed by atoms with Crippen molar-refractivity contribution in [3.63, 3.8) is 0 Å². The van der Waals surface area contributed by atoms with Gasteiger partial charge in [-0.2, -0.15) is 0 Å². The lowest BCUT2D eigenvalue weighted by atomic mass is 10.1. The SMILES string of the molecule is CCc1nc2cccc(C#CCSI)c2c(=O)n1-c1ccccc1. The van der Waals surface area contributed by atoms with Crippen LogP contribution in [0.1, 0.15) is 18.3 Å². The van der Waals surface area contributed by atoms with Gasteiger partial charge < -0.3 is 0 Å². The summed E-state index contributed by atoms with van der Waals surface area (Å²) in [5.41, 5.74) is 2.22. The second kappa shape index (κ2) is 7.86. The highest BCUT2D eigenvalue weighted by Crippen LogP contribution is 2.17. The van der Waals surface area contributed by atoms with Crippen molar-refractivity contribution in [1.29, 1.82) is 0 Å². The van der Waals surface area contributed by atoms with Crippen LogP contribution in [0, 0.1) is 11.8 Å². The zero-order valence-corrected chi connectivity index (χ0v) is 16.1. The zero-order valence-electron chi connectivity index (χ0n) is 13.1. The lowest BCUT2D eigenvalue weighted by molar-refractivity contribution is 0.833. The van der Waals surface area contributed by atoms with E-state index >= 15 is 0 Å². The van der Waals surface area contributed by atoms with Crippen molar-refractivity contribution in [2.75, 3.05) is 5.75 Å². The van der Waals surface area contributed by atoms with Crippen molar-refractivity contribution in [3.8, 4) is 17.5 Å². The summed E-state index contributed by atoms with van der Waals surface area (Å²) in [5.74, 6) is 7.69. The number of rotatable bonds is 3. The molecule has 0 fully saturated rings. The van der Waals surface area contributed by atoms with Gasteiger partial charge >= 0.3 is 0 Å². The number of hydrogen-bond acceptors (Lipinski definition) is 3. The molecule has 1 heterocycles. The van der Waals surface area contributed by atoms with E-state index in [1.807, 2.05) is 55.5 Å². The first-order chi connectivity index (χ1) is 11.8. The van der Waals surface area contributed by atoms with Gasteiger partial charge in [0, 0.05) is 12.0 Å². The molecule has 3 aromatic rings. The fourth-order valence-corrected chi connectivity index (χ4v) is 3.21. The molecule has 0 spiro atoms. The van der Waals surface area contributed by atoms with Crippen LogP contribution in [-0.4, -0.2) is 15.3 Å². The predicted octanol–water partition coefficient (Wildman–Crippen LogP) is 4.38. The largest absolute Gasteiger partial charge is 0.268 e. The summed E-state index contributed by atoms with van der Waals surface area (Å²) in [6.07, 6.45) is 0.682. The molecule has 0 aliphatic heterocycles. The molecule has 0 saturated heterocycles. The van der Waals surface area contributed by atoms with E-state index in [9.17, 15) is 4.79 Å². The van der Waals surface area contributed by atoms with Gasteiger partial charge in [-0.3, -0.25) is 9.36 Å². The molecule has 0 aliphatic rings. The molecule has 0 aliphatic carbocycles. The zero-order chi connectivity index (χ0) is 16.9. The molecule has 3 rings (SSSR count). The first kappa shape index (κ1) is 17.1. The Balaban J connectivity index is 2.33. The minimum Gasteiger partial charge on any atom is -0.268 e. The van der Waals surface area contributed by atoms with Crippen molar-refractivity contribution in [3.05, 3.63) is 70.3 Å². The number of halogens is 1. The highest BCUT2D eigenvalue weighted by molar-refractivity contribution is 14.2. The normalized spacial score (nSPS) is 10.4. The van der Waals surface area contributed by atoms with Gasteiger partial charge in [-0.15, -0.1) is 0 Å². The van der Waals surface area contributed by atoms with Crippen molar-refractivity contribution in [2.24, 2.45) is 0 Å². The average molecular weight is 446 g/mol. The monoisotopic (exact) mass is 446 g/mol. The van der Waals surface area contributed by atoms with Crippen LogP contribution in [0.4, 0.5) is 0 Å². The number of fused-ring (bicyclic) bond motifs is 1. The van der Waals surface area contributed by atoms with Gasteiger partial charge in [-0.05, 0) is 45.5 Å². The molecule has 2 aromatic carbocycles. The molecule has 0 atom stereocenters. The number of benzene rings is 2. The third kappa shape index (κ3) is 3.35. The molecule has 0 unspecified atom stereocenters. The summed E-state index contributed by atoms with van der Waals surface area (Å²) in [6.45, 7) is 2.01. The maximum atomic E-state index is 13.2. The second-order valence-corrected chi connectivity index (χ2v) is 7.49. The summed E-state index contributed by atoms with van der Waals surface area (Å²) in [5, 5.41) is 0.588. The smallest absolute Gasteiger partial charge is 0.267 e. The third-order valence-electron chi connectivity index (χ3n) is 3.65. The molecule has 24 heavy (non-hydrogen) atoms. The highest BCUT2D eigenvalue weighted by Gasteiger charge is 2.13. The van der Waals surface area contributed by atoms with E-state index in [1.165, 1.54) is 0 Å². The summed E-state index contributed by atoms with van der Waals surface area (Å²) in [7, 11) is 1.63. The van der Waals surface area contributed by atoms with Gasteiger partial charge in [0.15, 0.2) is 0 Å². The maximum absolute atomic E-state index is 13.2. The molecule has 0 saturated carbocycles. The molecule has 120 valence electrons. The Morgan fingerprint density at radius 1 is 1.17 bits per heavy atom. The average Bonchev–Trinajstić information content (AvgIpc) is 2.62. The van der Waals surface area contributed by atoms with Crippen molar-refractivity contribution < 1.29 is 0 Å². The topological polar surface area (TPSA) is 34.9 Å². The first-order valence-electron chi connectivity index (χ1n) is 7.58.